The quantitative estimate of drug-likeness (QED) is 0.710. The predicted molar refractivity (Wildman–Crippen MR) is 61.4 cm³/mol. The van der Waals surface area contributed by atoms with Crippen molar-refractivity contribution in [3.05, 3.63) is 0 Å². The molecule has 1 aliphatic heterocycles. The molecule has 0 saturated carbocycles. The number of hydrogen-bond donors (Lipinski definition) is 0. The van der Waals surface area contributed by atoms with Gasteiger partial charge in [0.25, 0.3) is 0 Å². The molecule has 1 atom stereocenters. The van der Waals surface area contributed by atoms with Crippen molar-refractivity contribution in [3.63, 3.8) is 0 Å². The maximum absolute atomic E-state index is 3.48. The highest BCUT2D eigenvalue weighted by Gasteiger charge is 2.12. The Hall–Kier alpha value is 0.790. The molecular weight excluding hydrogens is 234 g/mol. The Balaban J connectivity index is 2.17. The lowest BCUT2D eigenvalue weighted by Gasteiger charge is -2.18. The molecule has 3 heteroatoms. The fraction of sp³-hybridized carbons (Fsp3) is 1.00. The lowest BCUT2D eigenvalue weighted by Crippen LogP contribution is -2.27. The van der Waals surface area contributed by atoms with E-state index in [4.69, 9.17) is 0 Å². The van der Waals surface area contributed by atoms with Gasteiger partial charge in [-0.3, -0.25) is 0 Å². The van der Waals surface area contributed by atoms with Crippen molar-refractivity contribution in [2.24, 2.45) is 0 Å². The first-order valence-corrected chi connectivity index (χ1v) is 6.90. The van der Waals surface area contributed by atoms with Gasteiger partial charge in [-0.15, -0.1) is 0 Å². The van der Waals surface area contributed by atoms with Gasteiger partial charge in [-0.1, -0.05) is 22.9 Å². The molecule has 1 nitrogen and oxygen atoms in total. The zero-order valence-corrected chi connectivity index (χ0v) is 10.2. The summed E-state index contributed by atoms with van der Waals surface area (Å²) in [6.45, 7) is 6.22. The molecule has 0 spiro atoms. The molecule has 0 aromatic rings. The summed E-state index contributed by atoms with van der Waals surface area (Å²) in [6, 6.07) is 0. The van der Waals surface area contributed by atoms with Crippen LogP contribution in [0.1, 0.15) is 19.8 Å². The van der Waals surface area contributed by atoms with E-state index in [0.29, 0.717) is 0 Å². The van der Waals surface area contributed by atoms with E-state index in [-0.39, 0.29) is 0 Å². The summed E-state index contributed by atoms with van der Waals surface area (Å²) >= 11 is 5.60. The zero-order chi connectivity index (χ0) is 8.81. The van der Waals surface area contributed by atoms with Crippen LogP contribution in [0.2, 0.25) is 0 Å². The van der Waals surface area contributed by atoms with Crippen LogP contribution in [0.15, 0.2) is 0 Å². The summed E-state index contributed by atoms with van der Waals surface area (Å²) in [5.74, 6) is 1.32. The Morgan fingerprint density at radius 1 is 1.50 bits per heavy atom. The minimum absolute atomic E-state index is 0.874. The number of rotatable bonds is 3. The molecule has 12 heavy (non-hydrogen) atoms. The van der Waals surface area contributed by atoms with Gasteiger partial charge in [0.1, 0.15) is 0 Å². The third-order valence-corrected chi connectivity index (χ3v) is 4.05. The van der Waals surface area contributed by atoms with E-state index in [9.17, 15) is 0 Å². The molecule has 0 aliphatic carbocycles. The number of hydrogen-bond acceptors (Lipinski definition) is 2. The third-order valence-electron chi connectivity index (χ3n) is 2.27. The SMILES string of the molecule is CC1CCN(CCCBr)CCS1. The zero-order valence-electron chi connectivity index (χ0n) is 7.76. The van der Waals surface area contributed by atoms with Gasteiger partial charge >= 0.3 is 0 Å². The molecule has 0 N–H and O–H groups in total. The molecule has 1 heterocycles. The summed E-state index contributed by atoms with van der Waals surface area (Å²) in [6.07, 6.45) is 2.66. The van der Waals surface area contributed by atoms with E-state index in [1.165, 1.54) is 38.2 Å². The van der Waals surface area contributed by atoms with Gasteiger partial charge in [-0.25, -0.2) is 0 Å². The first-order chi connectivity index (χ1) is 5.83. The lowest BCUT2D eigenvalue weighted by atomic mass is 10.3. The topological polar surface area (TPSA) is 3.24 Å². The second kappa shape index (κ2) is 6.28. The predicted octanol–water partition coefficient (Wildman–Crippen LogP) is 2.60. The van der Waals surface area contributed by atoms with Crippen molar-refractivity contribution in [2.75, 3.05) is 30.7 Å². The Morgan fingerprint density at radius 3 is 3.08 bits per heavy atom. The average molecular weight is 252 g/mol. The second-order valence-electron chi connectivity index (χ2n) is 3.35. The first kappa shape index (κ1) is 10.9. The van der Waals surface area contributed by atoms with Crippen LogP contribution < -0.4 is 0 Å². The molecule has 0 aromatic carbocycles. The van der Waals surface area contributed by atoms with Crippen molar-refractivity contribution in [3.8, 4) is 0 Å². The van der Waals surface area contributed by atoms with Crippen LogP contribution >= 0.6 is 27.7 Å². The van der Waals surface area contributed by atoms with E-state index in [0.717, 1.165) is 10.6 Å². The van der Waals surface area contributed by atoms with Crippen LogP contribution in [0.25, 0.3) is 0 Å². The number of thioether (sulfide) groups is 1. The molecule has 0 amide bonds. The van der Waals surface area contributed by atoms with Gasteiger partial charge in [0.05, 0.1) is 0 Å². The van der Waals surface area contributed by atoms with Gasteiger partial charge in [-0.2, -0.15) is 11.8 Å². The van der Waals surface area contributed by atoms with Crippen LogP contribution in [0.5, 0.6) is 0 Å². The maximum atomic E-state index is 3.48. The van der Waals surface area contributed by atoms with Crippen LogP contribution in [-0.4, -0.2) is 40.9 Å². The number of alkyl halides is 1. The monoisotopic (exact) mass is 251 g/mol. The van der Waals surface area contributed by atoms with Crippen molar-refractivity contribution in [1.82, 2.24) is 4.90 Å². The van der Waals surface area contributed by atoms with E-state index >= 15 is 0 Å². The highest BCUT2D eigenvalue weighted by atomic mass is 79.9. The van der Waals surface area contributed by atoms with Crippen LogP contribution in [0.4, 0.5) is 0 Å². The highest BCUT2D eigenvalue weighted by molar-refractivity contribution is 9.09. The minimum Gasteiger partial charge on any atom is -0.302 e. The molecule has 1 aliphatic rings. The fourth-order valence-corrected chi connectivity index (χ4v) is 2.74. The van der Waals surface area contributed by atoms with Crippen molar-refractivity contribution in [2.45, 2.75) is 25.0 Å². The smallest absolute Gasteiger partial charge is 0.00725 e. The molecule has 1 saturated heterocycles. The van der Waals surface area contributed by atoms with Crippen LogP contribution in [0, 0.1) is 0 Å². The lowest BCUT2D eigenvalue weighted by molar-refractivity contribution is 0.293. The number of nitrogens with zero attached hydrogens (tertiary/aromatic N) is 1. The van der Waals surface area contributed by atoms with E-state index in [1.54, 1.807) is 0 Å². The average Bonchev–Trinajstić information content (AvgIpc) is 2.27. The summed E-state index contributed by atoms with van der Waals surface area (Å²) < 4.78 is 0. The molecular formula is C9H18BrNS. The Kier molecular flexibility index (Phi) is 5.68. The molecule has 0 radical (unpaired) electrons. The Labute approximate surface area is 88.4 Å². The standard InChI is InChI=1S/C9H18BrNS/c1-9-3-6-11(5-2-4-10)7-8-12-9/h9H,2-8H2,1H3. The molecule has 0 aromatic heterocycles. The molecule has 0 bridgehead atoms. The van der Waals surface area contributed by atoms with Crippen LogP contribution in [-0.2, 0) is 0 Å². The van der Waals surface area contributed by atoms with Gasteiger partial charge in [0, 0.05) is 22.9 Å². The van der Waals surface area contributed by atoms with Gasteiger partial charge in [-0.05, 0) is 25.9 Å². The van der Waals surface area contributed by atoms with Gasteiger partial charge in [0.15, 0.2) is 0 Å². The van der Waals surface area contributed by atoms with Crippen molar-refractivity contribution < 1.29 is 0 Å². The van der Waals surface area contributed by atoms with E-state index in [1.807, 2.05) is 0 Å². The normalized spacial score (nSPS) is 27.0. The Morgan fingerprint density at radius 2 is 2.33 bits per heavy atom. The minimum atomic E-state index is 0.874. The molecule has 1 unspecified atom stereocenters. The summed E-state index contributed by atoms with van der Waals surface area (Å²) in [4.78, 5) is 2.60. The second-order valence-corrected chi connectivity index (χ2v) is 5.69. The van der Waals surface area contributed by atoms with Gasteiger partial charge in [0.2, 0.25) is 0 Å². The van der Waals surface area contributed by atoms with Crippen molar-refractivity contribution >= 4 is 27.7 Å². The summed E-state index contributed by atoms with van der Waals surface area (Å²) in [5, 5.41) is 2.02. The van der Waals surface area contributed by atoms with Crippen molar-refractivity contribution in [1.29, 1.82) is 0 Å². The third kappa shape index (κ3) is 4.15. The largest absolute Gasteiger partial charge is 0.302 e. The molecule has 1 rings (SSSR count). The van der Waals surface area contributed by atoms with E-state index in [2.05, 4.69) is 39.5 Å². The van der Waals surface area contributed by atoms with Gasteiger partial charge < -0.3 is 4.90 Å². The molecule has 72 valence electrons. The first-order valence-electron chi connectivity index (χ1n) is 4.73. The van der Waals surface area contributed by atoms with Crippen LogP contribution in [0.3, 0.4) is 0 Å². The summed E-state index contributed by atoms with van der Waals surface area (Å²) in [5.41, 5.74) is 0. The maximum Gasteiger partial charge on any atom is 0.00725 e. The van der Waals surface area contributed by atoms with E-state index < -0.39 is 0 Å². The highest BCUT2D eigenvalue weighted by Crippen LogP contribution is 2.18. The Bertz CT molecular complexity index is 119. The number of halogens is 1. The fourth-order valence-electron chi connectivity index (χ4n) is 1.45. The summed E-state index contributed by atoms with van der Waals surface area (Å²) in [7, 11) is 0. The molecule has 1 fully saturated rings.